The molecule has 1 aromatic carbocycles. The van der Waals surface area contributed by atoms with E-state index in [0.29, 0.717) is 23.5 Å². The summed E-state index contributed by atoms with van der Waals surface area (Å²) in [5.41, 5.74) is 6.39. The lowest BCUT2D eigenvalue weighted by Crippen LogP contribution is -2.29. The molecule has 1 amide bonds. The van der Waals surface area contributed by atoms with Gasteiger partial charge in [0.1, 0.15) is 5.75 Å². The van der Waals surface area contributed by atoms with Gasteiger partial charge in [-0.05, 0) is 18.2 Å². The molecule has 0 aliphatic heterocycles. The highest BCUT2D eigenvalue weighted by molar-refractivity contribution is 5.77. The molecule has 0 spiro atoms. The minimum atomic E-state index is -0.325. The Balaban J connectivity index is 2.47. The number of nitrogens with two attached hydrogens (primary N) is 1. The predicted octanol–water partition coefficient (Wildman–Crippen LogP) is 0.549. The first-order valence-electron chi connectivity index (χ1n) is 5.23. The first kappa shape index (κ1) is 13.3. The molecule has 0 bridgehead atoms. The Kier molecular flexibility index (Phi) is 5.01. The highest BCUT2D eigenvalue weighted by atomic mass is 16.5. The number of amides is 1. The molecule has 0 saturated heterocycles. The van der Waals surface area contributed by atoms with Crippen LogP contribution >= 0.6 is 0 Å². The van der Waals surface area contributed by atoms with Gasteiger partial charge in [0.05, 0.1) is 29.8 Å². The van der Waals surface area contributed by atoms with Crippen LogP contribution in [0, 0.1) is 22.7 Å². The number of carbonyl (C=O) groups excluding carboxylic acids is 1. The topological polar surface area (TPSA) is 112 Å². The van der Waals surface area contributed by atoms with E-state index in [1.54, 1.807) is 6.07 Å². The fourth-order valence-corrected chi connectivity index (χ4v) is 1.20. The molecule has 0 fully saturated rings. The molecule has 0 aliphatic rings. The van der Waals surface area contributed by atoms with Crippen molar-refractivity contribution in [3.63, 3.8) is 0 Å². The van der Waals surface area contributed by atoms with Gasteiger partial charge in [-0.15, -0.1) is 0 Å². The van der Waals surface area contributed by atoms with Gasteiger partial charge in [-0.2, -0.15) is 10.5 Å². The van der Waals surface area contributed by atoms with Crippen LogP contribution in [0.4, 0.5) is 5.69 Å². The molecule has 18 heavy (non-hydrogen) atoms. The van der Waals surface area contributed by atoms with Crippen LogP contribution in [0.2, 0.25) is 0 Å². The minimum Gasteiger partial charge on any atom is -0.482 e. The first-order chi connectivity index (χ1) is 8.67. The second-order valence-corrected chi connectivity index (χ2v) is 3.41. The minimum absolute atomic E-state index is 0.179. The molecule has 3 N–H and O–H groups in total. The van der Waals surface area contributed by atoms with Gasteiger partial charge >= 0.3 is 0 Å². The Hall–Kier alpha value is -2.73. The van der Waals surface area contributed by atoms with Crippen LogP contribution in [-0.4, -0.2) is 19.1 Å². The van der Waals surface area contributed by atoms with Gasteiger partial charge in [-0.3, -0.25) is 4.79 Å². The molecule has 0 aromatic heterocycles. The van der Waals surface area contributed by atoms with E-state index in [4.69, 9.17) is 21.0 Å². The van der Waals surface area contributed by atoms with Crippen molar-refractivity contribution in [2.24, 2.45) is 0 Å². The normalized spacial score (nSPS) is 9.00. The van der Waals surface area contributed by atoms with Gasteiger partial charge in [0.25, 0.3) is 5.91 Å². The lowest BCUT2D eigenvalue weighted by Gasteiger charge is -2.08. The van der Waals surface area contributed by atoms with Crippen molar-refractivity contribution in [3.05, 3.63) is 23.8 Å². The first-order valence-corrected chi connectivity index (χ1v) is 5.23. The molecular weight excluding hydrogens is 232 g/mol. The van der Waals surface area contributed by atoms with Crippen LogP contribution < -0.4 is 15.8 Å². The second-order valence-electron chi connectivity index (χ2n) is 3.41. The summed E-state index contributed by atoms with van der Waals surface area (Å²) >= 11 is 0. The Morgan fingerprint density at radius 3 is 2.83 bits per heavy atom. The number of nitrogens with one attached hydrogen (secondary N) is 1. The lowest BCUT2D eigenvalue weighted by molar-refractivity contribution is -0.123. The Bertz CT molecular complexity index is 514. The zero-order valence-corrected chi connectivity index (χ0v) is 9.64. The van der Waals surface area contributed by atoms with E-state index in [9.17, 15) is 4.79 Å². The third-order valence-corrected chi connectivity index (χ3v) is 2.06. The van der Waals surface area contributed by atoms with Gasteiger partial charge in [0, 0.05) is 6.54 Å². The molecule has 6 heteroatoms. The second kappa shape index (κ2) is 6.77. The van der Waals surface area contributed by atoms with Gasteiger partial charge < -0.3 is 15.8 Å². The maximum absolute atomic E-state index is 11.3. The molecule has 0 atom stereocenters. The number of anilines is 1. The van der Waals surface area contributed by atoms with E-state index in [0.717, 1.165) is 0 Å². The average Bonchev–Trinajstić information content (AvgIpc) is 2.37. The summed E-state index contributed by atoms with van der Waals surface area (Å²) in [7, 11) is 0. The number of hydrogen-bond donors (Lipinski definition) is 2. The highest BCUT2D eigenvalue weighted by Gasteiger charge is 2.05. The van der Waals surface area contributed by atoms with Crippen molar-refractivity contribution in [2.75, 3.05) is 18.9 Å². The van der Waals surface area contributed by atoms with E-state index in [-0.39, 0.29) is 18.9 Å². The highest BCUT2D eigenvalue weighted by Crippen LogP contribution is 2.21. The van der Waals surface area contributed by atoms with Gasteiger partial charge in [0.2, 0.25) is 0 Å². The molecule has 1 aromatic rings. The van der Waals surface area contributed by atoms with Gasteiger partial charge in [0.15, 0.2) is 6.61 Å². The molecule has 0 radical (unpaired) electrons. The van der Waals surface area contributed by atoms with Gasteiger partial charge in [-0.25, -0.2) is 0 Å². The van der Waals surface area contributed by atoms with Crippen molar-refractivity contribution in [3.8, 4) is 17.9 Å². The van der Waals surface area contributed by atoms with Crippen molar-refractivity contribution in [1.29, 1.82) is 10.5 Å². The van der Waals surface area contributed by atoms with E-state index in [1.807, 2.05) is 12.1 Å². The Labute approximate surface area is 105 Å². The summed E-state index contributed by atoms with van der Waals surface area (Å²) in [5, 5.41) is 19.5. The maximum Gasteiger partial charge on any atom is 0.257 e. The number of carbonyl (C=O) groups is 1. The Morgan fingerprint density at radius 1 is 1.44 bits per heavy atom. The maximum atomic E-state index is 11.3. The average molecular weight is 244 g/mol. The molecule has 0 unspecified atom stereocenters. The van der Waals surface area contributed by atoms with Crippen LogP contribution in [0.1, 0.15) is 12.0 Å². The van der Waals surface area contributed by atoms with Crippen LogP contribution in [0.15, 0.2) is 18.2 Å². The Morgan fingerprint density at radius 2 is 2.22 bits per heavy atom. The fraction of sp³-hybridized carbons (Fsp3) is 0.250. The van der Waals surface area contributed by atoms with E-state index in [1.165, 1.54) is 12.1 Å². The number of benzene rings is 1. The molecule has 1 rings (SSSR count). The third-order valence-electron chi connectivity index (χ3n) is 2.06. The number of nitriles is 2. The lowest BCUT2D eigenvalue weighted by atomic mass is 10.2. The van der Waals surface area contributed by atoms with Crippen molar-refractivity contribution >= 4 is 11.6 Å². The van der Waals surface area contributed by atoms with Crippen LogP contribution in [0.5, 0.6) is 5.75 Å². The number of rotatable bonds is 5. The van der Waals surface area contributed by atoms with E-state index >= 15 is 0 Å². The van der Waals surface area contributed by atoms with E-state index in [2.05, 4.69) is 5.32 Å². The number of nitrogen functional groups attached to an aromatic ring is 1. The van der Waals surface area contributed by atoms with Crippen LogP contribution in [0.3, 0.4) is 0 Å². The zero-order valence-electron chi connectivity index (χ0n) is 9.64. The summed E-state index contributed by atoms with van der Waals surface area (Å²) in [4.78, 5) is 11.3. The molecule has 92 valence electrons. The van der Waals surface area contributed by atoms with Crippen LogP contribution in [-0.2, 0) is 4.79 Å². The van der Waals surface area contributed by atoms with Crippen molar-refractivity contribution in [1.82, 2.24) is 5.32 Å². The van der Waals surface area contributed by atoms with Crippen molar-refractivity contribution in [2.45, 2.75) is 6.42 Å². The van der Waals surface area contributed by atoms with Gasteiger partial charge in [-0.1, -0.05) is 0 Å². The smallest absolute Gasteiger partial charge is 0.257 e. The summed E-state index contributed by atoms with van der Waals surface area (Å²) in [5.74, 6) is 0.0263. The number of ether oxygens (including phenoxy) is 1. The predicted molar refractivity (Wildman–Crippen MR) is 64.3 cm³/mol. The molecule has 0 heterocycles. The number of nitrogens with zero attached hydrogens (tertiary/aromatic N) is 2. The number of hydrogen-bond acceptors (Lipinski definition) is 5. The monoisotopic (exact) mass is 244 g/mol. The summed E-state index contributed by atoms with van der Waals surface area (Å²) in [6.45, 7) is 0.114. The molecular formula is C12H12N4O2. The van der Waals surface area contributed by atoms with Crippen molar-refractivity contribution < 1.29 is 9.53 Å². The SMILES string of the molecule is N#CCCNC(=O)COc1ccc(C#N)cc1N. The zero-order chi connectivity index (χ0) is 13.4. The fourth-order valence-electron chi connectivity index (χ4n) is 1.20. The largest absolute Gasteiger partial charge is 0.482 e. The quantitative estimate of drug-likeness (QED) is 0.580. The third kappa shape index (κ3) is 4.03. The summed E-state index contributed by atoms with van der Waals surface area (Å²) < 4.78 is 5.20. The summed E-state index contributed by atoms with van der Waals surface area (Å²) in [6, 6.07) is 8.43. The summed E-state index contributed by atoms with van der Waals surface area (Å²) in [6.07, 6.45) is 0.255. The van der Waals surface area contributed by atoms with Crippen LogP contribution in [0.25, 0.3) is 0 Å². The molecule has 6 nitrogen and oxygen atoms in total. The van der Waals surface area contributed by atoms with E-state index < -0.39 is 0 Å². The standard InChI is InChI=1S/C12H12N4O2/c13-4-1-5-16-12(17)8-18-11-3-2-9(7-14)6-10(11)15/h2-3,6H,1,5,8,15H2,(H,16,17). The molecule has 0 saturated carbocycles. The molecule has 0 aliphatic carbocycles.